The molecule has 8 heteroatoms. The summed E-state index contributed by atoms with van der Waals surface area (Å²) in [5.41, 5.74) is 5.74. The maximum Gasteiger partial charge on any atom is 0.332 e. The summed E-state index contributed by atoms with van der Waals surface area (Å²) in [6.45, 7) is 6.54. The zero-order valence-electron chi connectivity index (χ0n) is 11.8. The first kappa shape index (κ1) is 14.4. The second-order valence-corrected chi connectivity index (χ2v) is 5.17. The number of hydrogen-bond donors (Lipinski definition) is 2. The summed E-state index contributed by atoms with van der Waals surface area (Å²) < 4.78 is 0. The first-order valence-corrected chi connectivity index (χ1v) is 6.74. The van der Waals surface area contributed by atoms with Crippen molar-refractivity contribution in [2.75, 3.05) is 30.7 Å². The number of nitrogen functional groups attached to an aromatic ring is 1. The number of rotatable bonds is 5. The minimum atomic E-state index is -0.473. The molecule has 0 bridgehead atoms. The van der Waals surface area contributed by atoms with Crippen LogP contribution in [0.4, 0.5) is 17.5 Å². The number of nitrogens with zero attached hydrogens (tertiary/aromatic N) is 4. The van der Waals surface area contributed by atoms with Crippen molar-refractivity contribution in [3.63, 3.8) is 0 Å². The van der Waals surface area contributed by atoms with Crippen molar-refractivity contribution in [1.29, 1.82) is 0 Å². The molecular weight excluding hydrogens is 260 g/mol. The van der Waals surface area contributed by atoms with Crippen LogP contribution in [-0.2, 0) is 0 Å². The van der Waals surface area contributed by atoms with Gasteiger partial charge in [-0.25, -0.2) is 4.98 Å². The Hall–Kier alpha value is -1.96. The third kappa shape index (κ3) is 3.32. The van der Waals surface area contributed by atoms with Gasteiger partial charge >= 0.3 is 5.69 Å². The van der Waals surface area contributed by atoms with Crippen LogP contribution in [0.2, 0.25) is 0 Å². The Morgan fingerprint density at radius 1 is 1.45 bits per heavy atom. The number of nitro groups is 1. The molecule has 1 aliphatic rings. The molecule has 0 radical (unpaired) electrons. The van der Waals surface area contributed by atoms with Crippen LogP contribution < -0.4 is 11.1 Å². The highest BCUT2D eigenvalue weighted by molar-refractivity contribution is 5.60. The first-order valence-electron chi connectivity index (χ1n) is 6.74. The number of hydrogen-bond acceptors (Lipinski definition) is 7. The van der Waals surface area contributed by atoms with E-state index in [1.165, 1.54) is 12.8 Å². The normalized spacial score (nSPS) is 17.1. The molecule has 2 rings (SSSR count). The summed E-state index contributed by atoms with van der Waals surface area (Å²) in [7, 11) is 0. The first-order chi connectivity index (χ1) is 9.47. The highest BCUT2D eigenvalue weighted by Gasteiger charge is 2.23. The fraction of sp³-hybridized carbons (Fsp3) is 0.667. The van der Waals surface area contributed by atoms with Crippen LogP contribution in [0.15, 0.2) is 0 Å². The third-order valence-electron chi connectivity index (χ3n) is 3.37. The minimum absolute atomic E-state index is 0.0453. The highest BCUT2D eigenvalue weighted by Crippen LogP contribution is 2.26. The lowest BCUT2D eigenvalue weighted by Gasteiger charge is -2.21. The maximum absolute atomic E-state index is 11.1. The lowest BCUT2D eigenvalue weighted by atomic mass is 10.3. The Balaban J connectivity index is 2.12. The van der Waals surface area contributed by atoms with Crippen molar-refractivity contribution < 1.29 is 4.92 Å². The van der Waals surface area contributed by atoms with Gasteiger partial charge in [0.05, 0.1) is 4.92 Å². The molecular formula is C12H20N6O2. The van der Waals surface area contributed by atoms with Gasteiger partial charge in [-0.3, -0.25) is 10.1 Å². The monoisotopic (exact) mass is 280 g/mol. The predicted octanol–water partition coefficient (Wildman–Crippen LogP) is 1.17. The van der Waals surface area contributed by atoms with Crippen molar-refractivity contribution in [1.82, 2.24) is 14.9 Å². The molecule has 0 aromatic carbocycles. The Morgan fingerprint density at radius 2 is 2.10 bits per heavy atom. The van der Waals surface area contributed by atoms with Gasteiger partial charge in [0.15, 0.2) is 0 Å². The number of aromatic nitrogens is 2. The molecule has 0 amide bonds. The van der Waals surface area contributed by atoms with E-state index in [0.29, 0.717) is 0 Å². The molecule has 110 valence electrons. The molecule has 1 saturated heterocycles. The van der Waals surface area contributed by atoms with Crippen molar-refractivity contribution in [2.45, 2.75) is 32.7 Å². The molecule has 1 fully saturated rings. The van der Waals surface area contributed by atoms with E-state index in [1.807, 2.05) is 6.92 Å². The van der Waals surface area contributed by atoms with Crippen LogP contribution in [0.25, 0.3) is 0 Å². The van der Waals surface area contributed by atoms with Gasteiger partial charge in [0.2, 0.25) is 11.8 Å². The molecule has 3 N–H and O–H groups in total. The van der Waals surface area contributed by atoms with Crippen LogP contribution in [0.1, 0.15) is 25.5 Å². The van der Waals surface area contributed by atoms with Crippen LogP contribution >= 0.6 is 0 Å². The standard InChI is InChI=1S/C12H20N6O2/c1-8(7-17-5-3-4-6-17)14-11-10(18(19)20)9(2)15-12(13)16-11/h8H,3-7H2,1-2H3,(H3,13,14,15,16). The fourth-order valence-corrected chi connectivity index (χ4v) is 2.54. The minimum Gasteiger partial charge on any atom is -0.368 e. The van der Waals surface area contributed by atoms with E-state index in [9.17, 15) is 10.1 Å². The van der Waals surface area contributed by atoms with E-state index < -0.39 is 4.92 Å². The van der Waals surface area contributed by atoms with Crippen LogP contribution in [0.5, 0.6) is 0 Å². The third-order valence-corrected chi connectivity index (χ3v) is 3.37. The van der Waals surface area contributed by atoms with E-state index in [1.54, 1.807) is 6.92 Å². The summed E-state index contributed by atoms with van der Waals surface area (Å²) in [4.78, 5) is 20.8. The molecule has 1 unspecified atom stereocenters. The quantitative estimate of drug-likeness (QED) is 0.615. The van der Waals surface area contributed by atoms with Crippen molar-refractivity contribution in [3.05, 3.63) is 15.8 Å². The second kappa shape index (κ2) is 6.00. The molecule has 0 saturated carbocycles. The van der Waals surface area contributed by atoms with Crippen LogP contribution in [0.3, 0.4) is 0 Å². The average Bonchev–Trinajstić information content (AvgIpc) is 2.79. The summed E-state index contributed by atoms with van der Waals surface area (Å²) in [5.74, 6) is 0.246. The van der Waals surface area contributed by atoms with E-state index >= 15 is 0 Å². The van der Waals surface area contributed by atoms with Gasteiger partial charge < -0.3 is 16.0 Å². The molecule has 1 atom stereocenters. The topological polar surface area (TPSA) is 110 Å². The van der Waals surface area contributed by atoms with Crippen LogP contribution in [0, 0.1) is 17.0 Å². The highest BCUT2D eigenvalue weighted by atomic mass is 16.6. The molecule has 2 heterocycles. The molecule has 20 heavy (non-hydrogen) atoms. The lowest BCUT2D eigenvalue weighted by molar-refractivity contribution is -0.385. The molecule has 1 aromatic heterocycles. The number of nitrogens with two attached hydrogens (primary N) is 1. The zero-order chi connectivity index (χ0) is 14.7. The summed E-state index contributed by atoms with van der Waals surface area (Å²) >= 11 is 0. The van der Waals surface area contributed by atoms with E-state index in [-0.39, 0.29) is 29.2 Å². The number of likely N-dealkylation sites (tertiary alicyclic amines) is 1. The van der Waals surface area contributed by atoms with Crippen molar-refractivity contribution in [2.24, 2.45) is 0 Å². The molecule has 0 aliphatic carbocycles. The van der Waals surface area contributed by atoms with Gasteiger partial charge in [-0.1, -0.05) is 0 Å². The molecule has 1 aliphatic heterocycles. The van der Waals surface area contributed by atoms with Crippen molar-refractivity contribution >= 4 is 17.5 Å². The van der Waals surface area contributed by atoms with Gasteiger partial charge in [0, 0.05) is 12.6 Å². The van der Waals surface area contributed by atoms with Gasteiger partial charge in [-0.2, -0.15) is 4.98 Å². The van der Waals surface area contributed by atoms with E-state index in [0.717, 1.165) is 19.6 Å². The molecule has 0 spiro atoms. The van der Waals surface area contributed by atoms with Crippen molar-refractivity contribution in [3.8, 4) is 0 Å². The number of nitrogens with one attached hydrogen (secondary N) is 1. The van der Waals surface area contributed by atoms with Gasteiger partial charge in [-0.15, -0.1) is 0 Å². The lowest BCUT2D eigenvalue weighted by Crippen LogP contribution is -2.33. The Morgan fingerprint density at radius 3 is 2.70 bits per heavy atom. The summed E-state index contributed by atoms with van der Waals surface area (Å²) in [6.07, 6.45) is 2.43. The van der Waals surface area contributed by atoms with Crippen LogP contribution in [-0.4, -0.2) is 45.5 Å². The number of anilines is 2. The van der Waals surface area contributed by atoms with Gasteiger partial charge in [0.25, 0.3) is 0 Å². The predicted molar refractivity (Wildman–Crippen MR) is 76.6 cm³/mol. The average molecular weight is 280 g/mol. The number of aryl methyl sites for hydroxylation is 1. The van der Waals surface area contributed by atoms with E-state index in [4.69, 9.17) is 5.73 Å². The smallest absolute Gasteiger partial charge is 0.332 e. The van der Waals surface area contributed by atoms with Gasteiger partial charge in [0.1, 0.15) is 5.69 Å². The molecule has 8 nitrogen and oxygen atoms in total. The molecule has 1 aromatic rings. The van der Waals surface area contributed by atoms with E-state index in [2.05, 4.69) is 20.2 Å². The zero-order valence-corrected chi connectivity index (χ0v) is 11.8. The summed E-state index contributed by atoms with van der Waals surface area (Å²) in [6, 6.07) is 0.0560. The second-order valence-electron chi connectivity index (χ2n) is 5.17. The summed E-state index contributed by atoms with van der Waals surface area (Å²) in [5, 5.41) is 14.2. The fourth-order valence-electron chi connectivity index (χ4n) is 2.54. The van der Waals surface area contributed by atoms with Gasteiger partial charge in [-0.05, 0) is 39.8 Å². The largest absolute Gasteiger partial charge is 0.368 e. The SMILES string of the molecule is Cc1nc(N)nc(NC(C)CN2CCCC2)c1[N+](=O)[O-]. The Labute approximate surface area is 117 Å². The maximum atomic E-state index is 11.1. The Bertz CT molecular complexity index is 501. The Kier molecular flexibility index (Phi) is 4.33.